The van der Waals surface area contributed by atoms with Gasteiger partial charge in [0, 0.05) is 37.3 Å². The zero-order valence-corrected chi connectivity index (χ0v) is 9.90. The molecule has 2 heterocycles. The summed E-state index contributed by atoms with van der Waals surface area (Å²) in [6.45, 7) is 1.48. The van der Waals surface area contributed by atoms with Gasteiger partial charge in [0.15, 0.2) is 0 Å². The first-order valence-electron chi connectivity index (χ1n) is 5.77. The van der Waals surface area contributed by atoms with Crippen LogP contribution in [-0.4, -0.2) is 30.6 Å². The average molecular weight is 235 g/mol. The van der Waals surface area contributed by atoms with Gasteiger partial charge in [0.25, 0.3) is 0 Å². The second-order valence-electron chi connectivity index (χ2n) is 4.11. The van der Waals surface area contributed by atoms with Crippen LogP contribution in [0.4, 0.5) is 0 Å². The van der Waals surface area contributed by atoms with Crippen LogP contribution < -0.4 is 15.4 Å². The highest BCUT2D eigenvalue weighted by molar-refractivity contribution is 5.78. The van der Waals surface area contributed by atoms with Crippen LogP contribution in [0.3, 0.4) is 0 Å². The summed E-state index contributed by atoms with van der Waals surface area (Å²) in [5, 5.41) is 6.22. The molecule has 0 bridgehead atoms. The number of pyridine rings is 1. The quantitative estimate of drug-likeness (QED) is 0.778. The van der Waals surface area contributed by atoms with Crippen molar-refractivity contribution in [1.82, 2.24) is 15.6 Å². The first-order chi connectivity index (χ1) is 8.29. The Bertz CT molecular complexity index is 395. The smallest absolute Gasteiger partial charge is 0.220 e. The van der Waals surface area contributed by atoms with Gasteiger partial charge in [-0.25, -0.2) is 4.98 Å². The van der Waals surface area contributed by atoms with Gasteiger partial charge in [-0.15, -0.1) is 0 Å². The Morgan fingerprint density at radius 3 is 3.24 bits per heavy atom. The molecule has 17 heavy (non-hydrogen) atoms. The average Bonchev–Trinajstić information content (AvgIpc) is 2.76. The molecule has 1 aromatic heterocycles. The molecule has 1 saturated heterocycles. The lowest BCUT2D eigenvalue weighted by molar-refractivity contribution is -0.119. The predicted octanol–water partition coefficient (Wildman–Crippen LogP) is 0.458. The molecule has 92 valence electrons. The summed E-state index contributed by atoms with van der Waals surface area (Å²) < 4.78 is 5.16. The fourth-order valence-electron chi connectivity index (χ4n) is 1.95. The maximum atomic E-state index is 11.0. The second kappa shape index (κ2) is 5.63. The summed E-state index contributed by atoms with van der Waals surface area (Å²) >= 11 is 0. The highest BCUT2D eigenvalue weighted by Crippen LogP contribution is 2.13. The number of carbonyl (C=O) groups excluding carboxylic acids is 1. The van der Waals surface area contributed by atoms with Crippen molar-refractivity contribution in [2.24, 2.45) is 0 Å². The Balaban J connectivity index is 1.79. The van der Waals surface area contributed by atoms with Crippen molar-refractivity contribution in [1.29, 1.82) is 0 Å². The van der Waals surface area contributed by atoms with E-state index in [1.165, 1.54) is 0 Å². The molecule has 0 aromatic carbocycles. The van der Waals surface area contributed by atoms with Gasteiger partial charge in [-0.05, 0) is 12.5 Å². The first kappa shape index (κ1) is 11.9. The molecule has 2 rings (SSSR count). The maximum Gasteiger partial charge on any atom is 0.220 e. The van der Waals surface area contributed by atoms with Crippen LogP contribution in [0.5, 0.6) is 5.88 Å². The lowest BCUT2D eigenvalue weighted by atomic mass is 10.2. The van der Waals surface area contributed by atoms with E-state index in [-0.39, 0.29) is 11.9 Å². The van der Waals surface area contributed by atoms with E-state index in [0.29, 0.717) is 18.8 Å². The van der Waals surface area contributed by atoms with Crippen molar-refractivity contribution in [3.8, 4) is 5.88 Å². The highest BCUT2D eigenvalue weighted by atomic mass is 16.5. The van der Waals surface area contributed by atoms with Crippen LogP contribution >= 0.6 is 0 Å². The first-order valence-corrected chi connectivity index (χ1v) is 5.77. The molecule has 1 aliphatic heterocycles. The third kappa shape index (κ3) is 3.17. The summed E-state index contributed by atoms with van der Waals surface area (Å²) in [6.07, 6.45) is 3.26. The Kier molecular flexibility index (Phi) is 3.93. The number of methoxy groups -OCH3 is 1. The number of hydrogen-bond acceptors (Lipinski definition) is 4. The molecule has 0 unspecified atom stereocenters. The third-order valence-electron chi connectivity index (χ3n) is 2.83. The van der Waals surface area contributed by atoms with Gasteiger partial charge in [0.2, 0.25) is 11.8 Å². The zero-order chi connectivity index (χ0) is 12.1. The van der Waals surface area contributed by atoms with Gasteiger partial charge in [-0.3, -0.25) is 4.79 Å². The Morgan fingerprint density at radius 1 is 1.65 bits per heavy atom. The number of rotatable bonds is 5. The van der Waals surface area contributed by atoms with Crippen LogP contribution in [0.2, 0.25) is 0 Å². The summed E-state index contributed by atoms with van der Waals surface area (Å²) in [6, 6.07) is 4.12. The fourth-order valence-corrected chi connectivity index (χ4v) is 1.95. The van der Waals surface area contributed by atoms with E-state index in [9.17, 15) is 4.79 Å². The van der Waals surface area contributed by atoms with E-state index < -0.39 is 0 Å². The maximum absolute atomic E-state index is 11.0. The molecule has 5 nitrogen and oxygen atoms in total. The van der Waals surface area contributed by atoms with E-state index in [2.05, 4.69) is 15.6 Å². The molecule has 0 aliphatic carbocycles. The number of nitrogens with one attached hydrogen (secondary N) is 2. The number of aromatic nitrogens is 1. The minimum absolute atomic E-state index is 0.149. The number of nitrogens with zero attached hydrogens (tertiary/aromatic N) is 1. The molecular formula is C12H17N3O2. The summed E-state index contributed by atoms with van der Waals surface area (Å²) in [4.78, 5) is 15.1. The highest BCUT2D eigenvalue weighted by Gasteiger charge is 2.19. The van der Waals surface area contributed by atoms with E-state index in [4.69, 9.17) is 4.74 Å². The molecule has 1 fully saturated rings. The van der Waals surface area contributed by atoms with Crippen LogP contribution in [0.25, 0.3) is 0 Å². The Labute approximate surface area is 101 Å². The summed E-state index contributed by atoms with van der Waals surface area (Å²) in [5.41, 5.74) is 1.03. The SMILES string of the molecule is COc1ncccc1CNC[C@@H]1CCC(=O)N1. The van der Waals surface area contributed by atoms with Gasteiger partial charge in [-0.1, -0.05) is 6.07 Å². The van der Waals surface area contributed by atoms with Crippen molar-refractivity contribution in [2.75, 3.05) is 13.7 Å². The topological polar surface area (TPSA) is 63.2 Å². The monoisotopic (exact) mass is 235 g/mol. The van der Waals surface area contributed by atoms with Gasteiger partial charge >= 0.3 is 0 Å². The Morgan fingerprint density at radius 2 is 2.53 bits per heavy atom. The normalized spacial score (nSPS) is 19.1. The van der Waals surface area contributed by atoms with E-state index in [1.54, 1.807) is 13.3 Å². The number of carbonyl (C=O) groups is 1. The van der Waals surface area contributed by atoms with E-state index in [0.717, 1.165) is 18.5 Å². The molecule has 5 heteroatoms. The molecule has 1 atom stereocenters. The third-order valence-corrected chi connectivity index (χ3v) is 2.83. The zero-order valence-electron chi connectivity index (χ0n) is 9.90. The molecule has 0 spiro atoms. The van der Waals surface area contributed by atoms with Crippen molar-refractivity contribution >= 4 is 5.91 Å². The minimum atomic E-state index is 0.149. The fraction of sp³-hybridized carbons (Fsp3) is 0.500. The van der Waals surface area contributed by atoms with Gasteiger partial charge in [0.05, 0.1) is 7.11 Å². The van der Waals surface area contributed by atoms with Crippen molar-refractivity contribution in [3.05, 3.63) is 23.9 Å². The van der Waals surface area contributed by atoms with Crippen molar-refractivity contribution in [2.45, 2.75) is 25.4 Å². The molecule has 0 saturated carbocycles. The Hall–Kier alpha value is -1.62. The largest absolute Gasteiger partial charge is 0.481 e. The van der Waals surface area contributed by atoms with E-state index >= 15 is 0 Å². The van der Waals surface area contributed by atoms with Gasteiger partial charge in [-0.2, -0.15) is 0 Å². The van der Waals surface area contributed by atoms with E-state index in [1.807, 2.05) is 12.1 Å². The lowest BCUT2D eigenvalue weighted by Gasteiger charge is -2.12. The number of hydrogen-bond donors (Lipinski definition) is 2. The van der Waals surface area contributed by atoms with Crippen molar-refractivity contribution in [3.63, 3.8) is 0 Å². The summed E-state index contributed by atoms with van der Waals surface area (Å²) in [5.74, 6) is 0.797. The molecule has 1 amide bonds. The van der Waals surface area contributed by atoms with Crippen LogP contribution in [0.15, 0.2) is 18.3 Å². The second-order valence-corrected chi connectivity index (χ2v) is 4.11. The molecular weight excluding hydrogens is 218 g/mol. The predicted molar refractivity (Wildman–Crippen MR) is 63.7 cm³/mol. The minimum Gasteiger partial charge on any atom is -0.481 e. The van der Waals surface area contributed by atoms with Crippen LogP contribution in [0.1, 0.15) is 18.4 Å². The molecule has 1 aromatic rings. The number of amides is 1. The van der Waals surface area contributed by atoms with Gasteiger partial charge < -0.3 is 15.4 Å². The molecule has 2 N–H and O–H groups in total. The lowest BCUT2D eigenvalue weighted by Crippen LogP contribution is -2.35. The van der Waals surface area contributed by atoms with Gasteiger partial charge in [0.1, 0.15) is 0 Å². The molecule has 0 radical (unpaired) electrons. The molecule has 1 aliphatic rings. The van der Waals surface area contributed by atoms with Crippen molar-refractivity contribution < 1.29 is 9.53 Å². The number of ether oxygens (including phenoxy) is 1. The van der Waals surface area contributed by atoms with Crippen LogP contribution in [0, 0.1) is 0 Å². The standard InChI is InChI=1S/C12H17N3O2/c1-17-12-9(3-2-6-14-12)7-13-8-10-4-5-11(16)15-10/h2-3,6,10,13H,4-5,7-8H2,1H3,(H,15,16)/t10-/m0/s1. The van der Waals surface area contributed by atoms with Crippen LogP contribution in [-0.2, 0) is 11.3 Å². The summed E-state index contributed by atoms with van der Waals surface area (Å²) in [7, 11) is 1.61.